The van der Waals surface area contributed by atoms with Crippen molar-refractivity contribution in [3.8, 4) is 5.75 Å². The monoisotopic (exact) mass is 304 g/mol. The first-order chi connectivity index (χ1) is 10.6. The van der Waals surface area contributed by atoms with Crippen LogP contribution in [0.2, 0.25) is 0 Å². The lowest BCUT2D eigenvalue weighted by molar-refractivity contribution is 0.0388. The minimum Gasteiger partial charge on any atom is -0.487 e. The molecule has 0 aliphatic carbocycles. The van der Waals surface area contributed by atoms with Gasteiger partial charge in [0.2, 0.25) is 0 Å². The van der Waals surface area contributed by atoms with Crippen LogP contribution in [0.25, 0.3) is 0 Å². The fourth-order valence-electron chi connectivity index (χ4n) is 3.04. The lowest BCUT2D eigenvalue weighted by atomic mass is 10.1. The average molecular weight is 304 g/mol. The van der Waals surface area contributed by atoms with Crippen molar-refractivity contribution in [3.63, 3.8) is 0 Å². The summed E-state index contributed by atoms with van der Waals surface area (Å²) in [5, 5.41) is 0. The molecule has 0 amide bonds. The molecule has 1 aromatic carbocycles. The second-order valence-electron chi connectivity index (χ2n) is 6.07. The van der Waals surface area contributed by atoms with Crippen molar-refractivity contribution in [1.82, 2.24) is 4.90 Å². The number of hydrogen-bond donors (Lipinski definition) is 0. The van der Waals surface area contributed by atoms with E-state index in [1.165, 1.54) is 0 Å². The Hall–Kier alpha value is -1.59. The van der Waals surface area contributed by atoms with Gasteiger partial charge in [-0.15, -0.1) is 0 Å². The molecular weight excluding hydrogens is 280 g/mol. The summed E-state index contributed by atoms with van der Waals surface area (Å²) in [6.07, 6.45) is 0.167. The van der Waals surface area contributed by atoms with Gasteiger partial charge in [0.1, 0.15) is 11.9 Å². The lowest BCUT2D eigenvalue weighted by Crippen LogP contribution is -2.45. The average Bonchev–Trinajstić information content (AvgIpc) is 2.53. The normalized spacial score (nSPS) is 22.1. The molecule has 0 aromatic heterocycles. The molecule has 22 heavy (non-hydrogen) atoms. The number of ether oxygens (including phenoxy) is 2. The molecule has 0 spiro atoms. The summed E-state index contributed by atoms with van der Waals surface area (Å²) in [7, 11) is 0. The standard InChI is InChI=1S/C17H24N2O3/c1-13-12-19(6-5-18-7-9-21-10-8-18)16-11-15(14(2)20)3-4-17(16)22-13/h3-4,11,13H,5-10,12H2,1-2H3. The van der Waals surface area contributed by atoms with Gasteiger partial charge >= 0.3 is 0 Å². The summed E-state index contributed by atoms with van der Waals surface area (Å²) >= 11 is 0. The highest BCUT2D eigenvalue weighted by atomic mass is 16.5. The molecule has 2 aliphatic rings. The van der Waals surface area contributed by atoms with Gasteiger partial charge in [-0.25, -0.2) is 0 Å². The Balaban J connectivity index is 1.73. The van der Waals surface area contributed by atoms with Gasteiger partial charge in [0.15, 0.2) is 5.78 Å². The second kappa shape index (κ2) is 6.67. The molecule has 2 heterocycles. The molecule has 5 nitrogen and oxygen atoms in total. The number of fused-ring (bicyclic) bond motifs is 1. The fraction of sp³-hybridized carbons (Fsp3) is 0.588. The third kappa shape index (κ3) is 3.42. The minimum absolute atomic E-state index is 0.0922. The van der Waals surface area contributed by atoms with Crippen LogP contribution in [0.1, 0.15) is 24.2 Å². The molecule has 0 saturated carbocycles. The van der Waals surface area contributed by atoms with Crippen molar-refractivity contribution >= 4 is 11.5 Å². The quantitative estimate of drug-likeness (QED) is 0.794. The van der Waals surface area contributed by atoms with Gasteiger partial charge in [0.25, 0.3) is 0 Å². The van der Waals surface area contributed by atoms with Crippen LogP contribution in [0.5, 0.6) is 5.75 Å². The van der Waals surface area contributed by atoms with E-state index in [2.05, 4.69) is 16.7 Å². The van der Waals surface area contributed by atoms with Crippen molar-refractivity contribution in [3.05, 3.63) is 23.8 Å². The number of nitrogens with zero attached hydrogens (tertiary/aromatic N) is 2. The van der Waals surface area contributed by atoms with Gasteiger partial charge in [-0.05, 0) is 32.0 Å². The maximum atomic E-state index is 11.6. The van der Waals surface area contributed by atoms with E-state index in [9.17, 15) is 4.79 Å². The summed E-state index contributed by atoms with van der Waals surface area (Å²) in [5.74, 6) is 0.972. The van der Waals surface area contributed by atoms with Crippen LogP contribution in [0, 0.1) is 0 Å². The smallest absolute Gasteiger partial charge is 0.159 e. The Morgan fingerprint density at radius 3 is 2.77 bits per heavy atom. The van der Waals surface area contributed by atoms with Crippen LogP contribution < -0.4 is 9.64 Å². The van der Waals surface area contributed by atoms with E-state index in [1.807, 2.05) is 18.2 Å². The Morgan fingerprint density at radius 1 is 1.27 bits per heavy atom. The SMILES string of the molecule is CC(=O)c1ccc2c(c1)N(CCN1CCOCC1)CC(C)O2. The number of carbonyl (C=O) groups excluding carboxylic acids is 1. The maximum Gasteiger partial charge on any atom is 0.159 e. The van der Waals surface area contributed by atoms with Gasteiger partial charge < -0.3 is 14.4 Å². The molecule has 1 fully saturated rings. The first-order valence-electron chi connectivity index (χ1n) is 8.00. The van der Waals surface area contributed by atoms with Gasteiger partial charge in [-0.2, -0.15) is 0 Å². The largest absolute Gasteiger partial charge is 0.487 e. The van der Waals surface area contributed by atoms with Crippen molar-refractivity contribution in [2.45, 2.75) is 20.0 Å². The number of benzene rings is 1. The molecular formula is C17H24N2O3. The first kappa shape index (κ1) is 15.3. The van der Waals surface area contributed by atoms with Gasteiger partial charge in [0, 0.05) is 31.7 Å². The maximum absolute atomic E-state index is 11.6. The number of morpholine rings is 1. The number of hydrogen-bond acceptors (Lipinski definition) is 5. The van der Waals surface area contributed by atoms with Gasteiger partial charge in [0.05, 0.1) is 25.4 Å². The van der Waals surface area contributed by atoms with E-state index >= 15 is 0 Å². The number of carbonyl (C=O) groups is 1. The summed E-state index contributed by atoms with van der Waals surface area (Å²) in [6, 6.07) is 5.73. The van der Waals surface area contributed by atoms with Crippen molar-refractivity contribution < 1.29 is 14.3 Å². The third-order valence-electron chi connectivity index (χ3n) is 4.30. The summed E-state index contributed by atoms with van der Waals surface area (Å²) in [4.78, 5) is 16.4. The zero-order valence-corrected chi connectivity index (χ0v) is 13.4. The number of anilines is 1. The van der Waals surface area contributed by atoms with Gasteiger partial charge in [-0.3, -0.25) is 9.69 Å². The van der Waals surface area contributed by atoms with E-state index < -0.39 is 0 Å². The molecule has 2 aliphatic heterocycles. The highest BCUT2D eigenvalue weighted by molar-refractivity contribution is 5.95. The molecule has 120 valence electrons. The predicted molar refractivity (Wildman–Crippen MR) is 86.0 cm³/mol. The molecule has 1 atom stereocenters. The number of rotatable bonds is 4. The molecule has 5 heteroatoms. The summed E-state index contributed by atoms with van der Waals surface area (Å²) in [6.45, 7) is 10.2. The van der Waals surface area contributed by atoms with E-state index in [0.29, 0.717) is 0 Å². The Kier molecular flexibility index (Phi) is 4.64. The van der Waals surface area contributed by atoms with Crippen LogP contribution in [0.3, 0.4) is 0 Å². The second-order valence-corrected chi connectivity index (χ2v) is 6.07. The Labute approximate surface area is 131 Å². The Morgan fingerprint density at radius 2 is 2.05 bits per heavy atom. The molecule has 1 saturated heterocycles. The van der Waals surface area contributed by atoms with Crippen LogP contribution in [0.15, 0.2) is 18.2 Å². The van der Waals surface area contributed by atoms with Crippen LogP contribution in [-0.2, 0) is 4.74 Å². The molecule has 0 bridgehead atoms. The summed E-state index contributed by atoms with van der Waals surface area (Å²) < 4.78 is 11.3. The van der Waals surface area contributed by atoms with Crippen LogP contribution in [0.4, 0.5) is 5.69 Å². The molecule has 3 rings (SSSR count). The zero-order chi connectivity index (χ0) is 15.5. The van der Waals surface area contributed by atoms with E-state index in [1.54, 1.807) is 6.92 Å². The lowest BCUT2D eigenvalue weighted by Gasteiger charge is -2.37. The molecule has 0 N–H and O–H groups in total. The van der Waals surface area contributed by atoms with Crippen LogP contribution in [-0.4, -0.2) is 62.7 Å². The number of Topliss-reactive ketones (excluding diaryl/α,β-unsaturated/α-hetero) is 1. The summed E-state index contributed by atoms with van der Waals surface area (Å²) in [5.41, 5.74) is 1.78. The molecule has 1 aromatic rings. The third-order valence-corrected chi connectivity index (χ3v) is 4.30. The highest BCUT2D eigenvalue weighted by Gasteiger charge is 2.24. The Bertz CT molecular complexity index is 541. The first-order valence-corrected chi connectivity index (χ1v) is 8.00. The van der Waals surface area contributed by atoms with Crippen molar-refractivity contribution in [1.29, 1.82) is 0 Å². The topological polar surface area (TPSA) is 42.0 Å². The zero-order valence-electron chi connectivity index (χ0n) is 13.4. The van der Waals surface area contributed by atoms with E-state index in [0.717, 1.165) is 62.9 Å². The molecule has 0 radical (unpaired) electrons. The fourth-order valence-corrected chi connectivity index (χ4v) is 3.04. The number of ketones is 1. The van der Waals surface area contributed by atoms with E-state index in [-0.39, 0.29) is 11.9 Å². The van der Waals surface area contributed by atoms with Crippen molar-refractivity contribution in [2.75, 3.05) is 50.8 Å². The van der Waals surface area contributed by atoms with Gasteiger partial charge in [-0.1, -0.05) is 0 Å². The predicted octanol–water partition coefficient (Wildman–Crippen LogP) is 1.81. The molecule has 1 unspecified atom stereocenters. The van der Waals surface area contributed by atoms with Crippen molar-refractivity contribution in [2.24, 2.45) is 0 Å². The van der Waals surface area contributed by atoms with E-state index in [4.69, 9.17) is 9.47 Å². The minimum atomic E-state index is 0.0922. The van der Waals surface area contributed by atoms with Crippen LogP contribution >= 0.6 is 0 Å². The highest BCUT2D eigenvalue weighted by Crippen LogP contribution is 2.34.